The smallest absolute Gasteiger partial charge is 0.412 e. The molecule has 0 bridgehead atoms. The molecule has 7 heteroatoms. The van der Waals surface area contributed by atoms with Crippen LogP contribution in [0.3, 0.4) is 0 Å². The van der Waals surface area contributed by atoms with Crippen LogP contribution in [0.5, 0.6) is 0 Å². The van der Waals surface area contributed by atoms with Gasteiger partial charge >= 0.3 is 12.2 Å². The zero-order valence-corrected chi connectivity index (χ0v) is 18.9. The van der Waals surface area contributed by atoms with Gasteiger partial charge in [0.2, 0.25) is 0 Å². The van der Waals surface area contributed by atoms with Crippen LogP contribution in [-0.4, -0.2) is 58.5 Å². The lowest BCUT2D eigenvalue weighted by molar-refractivity contribution is -0.0892. The first kappa shape index (κ1) is 22.4. The first-order chi connectivity index (χ1) is 14.0. The maximum atomic E-state index is 13.0. The molecule has 3 atom stereocenters. The third kappa shape index (κ3) is 5.06. The van der Waals surface area contributed by atoms with Crippen molar-refractivity contribution in [3.63, 3.8) is 0 Å². The van der Waals surface area contributed by atoms with Crippen LogP contribution in [0.1, 0.15) is 53.5 Å². The topological polar surface area (TPSA) is 68.3 Å². The highest BCUT2D eigenvalue weighted by Crippen LogP contribution is 2.39. The second kappa shape index (κ2) is 8.46. The zero-order chi connectivity index (χ0) is 22.1. The van der Waals surface area contributed by atoms with Crippen molar-refractivity contribution in [2.45, 2.75) is 78.0 Å². The number of likely N-dealkylation sites (tertiary alicyclic amines) is 1. The Bertz CT molecular complexity index is 759. The van der Waals surface area contributed by atoms with Crippen molar-refractivity contribution in [2.75, 3.05) is 13.1 Å². The molecule has 2 aliphatic heterocycles. The van der Waals surface area contributed by atoms with Gasteiger partial charge in [-0.3, -0.25) is 4.90 Å². The molecule has 2 fully saturated rings. The van der Waals surface area contributed by atoms with Gasteiger partial charge in [0.1, 0.15) is 17.9 Å². The Morgan fingerprint density at radius 2 is 1.83 bits per heavy atom. The number of hydrogen-bond donors (Lipinski definition) is 0. The lowest BCUT2D eigenvalue weighted by Gasteiger charge is -2.36. The monoisotopic (exact) mass is 418 g/mol. The fraction of sp³-hybridized carbons (Fsp3) is 0.652. The summed E-state index contributed by atoms with van der Waals surface area (Å²) < 4.78 is 17.5. The zero-order valence-electron chi connectivity index (χ0n) is 18.9. The molecule has 0 saturated carbocycles. The molecule has 2 heterocycles. The molecule has 1 aromatic carbocycles. The van der Waals surface area contributed by atoms with Crippen LogP contribution in [0, 0.1) is 5.92 Å². The fourth-order valence-electron chi connectivity index (χ4n) is 4.18. The first-order valence-electron chi connectivity index (χ1n) is 10.6. The summed E-state index contributed by atoms with van der Waals surface area (Å²) in [5.74, 6) is 0.189. The van der Waals surface area contributed by atoms with Crippen molar-refractivity contribution in [2.24, 2.45) is 5.92 Å². The van der Waals surface area contributed by atoms with Gasteiger partial charge in [-0.25, -0.2) is 9.59 Å². The number of rotatable bonds is 2. The predicted octanol–water partition coefficient (Wildman–Crippen LogP) is 4.41. The molecule has 3 rings (SSSR count). The Kier molecular flexibility index (Phi) is 6.32. The number of hydrogen-bond acceptors (Lipinski definition) is 5. The fourth-order valence-corrected chi connectivity index (χ4v) is 4.18. The standard InChI is InChI=1S/C23H34N2O5/c1-16-12-13-24(20(26)28-15-17-10-8-7-9-11-17)14-18-19(16)29-23(5,6)25(18)21(27)30-22(2,3)4/h7-11,16,18-19H,12-15H2,1-6H3/t16-,18-,19-/m1/s1. The van der Waals surface area contributed by atoms with Crippen molar-refractivity contribution in [1.82, 2.24) is 9.80 Å². The van der Waals surface area contributed by atoms with E-state index in [0.29, 0.717) is 13.1 Å². The van der Waals surface area contributed by atoms with Gasteiger partial charge in [-0.15, -0.1) is 0 Å². The molecule has 2 amide bonds. The molecular weight excluding hydrogens is 384 g/mol. The van der Waals surface area contributed by atoms with Crippen LogP contribution in [-0.2, 0) is 20.8 Å². The normalized spacial score (nSPS) is 26.0. The maximum absolute atomic E-state index is 13.0. The summed E-state index contributed by atoms with van der Waals surface area (Å²) in [5, 5.41) is 0. The average molecular weight is 419 g/mol. The van der Waals surface area contributed by atoms with E-state index in [4.69, 9.17) is 14.2 Å². The van der Waals surface area contributed by atoms with Crippen LogP contribution in [0.4, 0.5) is 9.59 Å². The summed E-state index contributed by atoms with van der Waals surface area (Å²) in [7, 11) is 0. The highest BCUT2D eigenvalue weighted by molar-refractivity contribution is 5.71. The van der Waals surface area contributed by atoms with E-state index < -0.39 is 17.4 Å². The summed E-state index contributed by atoms with van der Waals surface area (Å²) in [5.41, 5.74) is -0.494. The van der Waals surface area contributed by atoms with Gasteiger partial charge in [0.05, 0.1) is 12.1 Å². The molecule has 2 aliphatic rings. The number of carbonyl (C=O) groups excluding carboxylic acids is 2. The van der Waals surface area contributed by atoms with Crippen molar-refractivity contribution in [3.8, 4) is 0 Å². The molecule has 30 heavy (non-hydrogen) atoms. The number of carbonyl (C=O) groups is 2. The number of nitrogens with zero attached hydrogens (tertiary/aromatic N) is 2. The lowest BCUT2D eigenvalue weighted by atomic mass is 9.96. The van der Waals surface area contributed by atoms with Gasteiger partial charge < -0.3 is 19.1 Å². The Morgan fingerprint density at radius 3 is 2.47 bits per heavy atom. The molecule has 0 aliphatic carbocycles. The maximum Gasteiger partial charge on any atom is 0.412 e. The number of ether oxygens (including phenoxy) is 3. The molecule has 1 aromatic rings. The molecule has 0 aromatic heterocycles. The largest absolute Gasteiger partial charge is 0.445 e. The molecular formula is C23H34N2O5. The number of benzene rings is 1. The Hall–Kier alpha value is -2.28. The van der Waals surface area contributed by atoms with Crippen molar-refractivity contribution in [1.29, 1.82) is 0 Å². The first-order valence-corrected chi connectivity index (χ1v) is 10.6. The third-order valence-corrected chi connectivity index (χ3v) is 5.59. The van der Waals surface area contributed by atoms with Gasteiger partial charge in [0, 0.05) is 13.1 Å². The second-order valence-electron chi connectivity index (χ2n) is 9.70. The highest BCUT2D eigenvalue weighted by Gasteiger charge is 2.54. The van der Waals surface area contributed by atoms with E-state index in [9.17, 15) is 9.59 Å². The number of fused-ring (bicyclic) bond motifs is 1. The van der Waals surface area contributed by atoms with Gasteiger partial charge in [-0.2, -0.15) is 0 Å². The molecule has 0 unspecified atom stereocenters. The average Bonchev–Trinajstić information content (AvgIpc) is 2.83. The predicted molar refractivity (Wildman–Crippen MR) is 113 cm³/mol. The van der Waals surface area contributed by atoms with Gasteiger partial charge in [-0.05, 0) is 52.5 Å². The van der Waals surface area contributed by atoms with Crippen LogP contribution < -0.4 is 0 Å². The van der Waals surface area contributed by atoms with Gasteiger partial charge in [0.25, 0.3) is 0 Å². The lowest BCUT2D eigenvalue weighted by Crippen LogP contribution is -2.54. The second-order valence-corrected chi connectivity index (χ2v) is 9.70. The summed E-state index contributed by atoms with van der Waals surface area (Å²) >= 11 is 0. The molecule has 7 nitrogen and oxygen atoms in total. The molecule has 2 saturated heterocycles. The van der Waals surface area contributed by atoms with Crippen molar-refractivity contribution >= 4 is 12.2 Å². The van der Waals surface area contributed by atoms with Crippen LogP contribution in [0.25, 0.3) is 0 Å². The third-order valence-electron chi connectivity index (χ3n) is 5.59. The molecule has 0 radical (unpaired) electrons. The van der Waals surface area contributed by atoms with E-state index in [0.717, 1.165) is 12.0 Å². The highest BCUT2D eigenvalue weighted by atomic mass is 16.6. The Morgan fingerprint density at radius 1 is 1.17 bits per heavy atom. The van der Waals surface area contributed by atoms with Gasteiger partial charge in [-0.1, -0.05) is 37.3 Å². The minimum Gasteiger partial charge on any atom is -0.445 e. The quantitative estimate of drug-likeness (QED) is 0.712. The SMILES string of the molecule is C[C@@H]1CCN(C(=O)OCc2ccccc2)C[C@@H]2[C@@H]1OC(C)(C)N2C(=O)OC(C)(C)C. The van der Waals surface area contributed by atoms with Crippen LogP contribution >= 0.6 is 0 Å². The minimum atomic E-state index is -0.817. The van der Waals surface area contributed by atoms with Crippen LogP contribution in [0.2, 0.25) is 0 Å². The van der Waals surface area contributed by atoms with Crippen molar-refractivity contribution < 1.29 is 23.8 Å². The Labute approximate surface area is 179 Å². The summed E-state index contributed by atoms with van der Waals surface area (Å²) in [6, 6.07) is 9.30. The molecule has 0 N–H and O–H groups in total. The van der Waals surface area contributed by atoms with Gasteiger partial charge in [0.15, 0.2) is 0 Å². The van der Waals surface area contributed by atoms with E-state index >= 15 is 0 Å². The Balaban J connectivity index is 1.75. The van der Waals surface area contributed by atoms with E-state index in [-0.39, 0.29) is 30.8 Å². The molecule has 0 spiro atoms. The van der Waals surface area contributed by atoms with E-state index in [1.165, 1.54) is 0 Å². The van der Waals surface area contributed by atoms with Crippen molar-refractivity contribution in [3.05, 3.63) is 35.9 Å². The molecule has 166 valence electrons. The number of amides is 2. The van der Waals surface area contributed by atoms with E-state index in [1.807, 2.05) is 65.0 Å². The van der Waals surface area contributed by atoms with E-state index in [1.54, 1.807) is 9.80 Å². The summed E-state index contributed by atoms with van der Waals surface area (Å²) in [6.07, 6.45) is -0.188. The van der Waals surface area contributed by atoms with E-state index in [2.05, 4.69) is 6.92 Å². The minimum absolute atomic E-state index is 0.167. The summed E-state index contributed by atoms with van der Waals surface area (Å²) in [4.78, 5) is 29.2. The van der Waals surface area contributed by atoms with Crippen LogP contribution in [0.15, 0.2) is 30.3 Å². The summed E-state index contributed by atoms with van der Waals surface area (Å²) in [6.45, 7) is 12.5.